The first-order chi connectivity index (χ1) is 7.73. The molecule has 0 radical (unpaired) electrons. The van der Waals surface area contributed by atoms with Gasteiger partial charge in [-0.15, -0.1) is 0 Å². The van der Waals surface area contributed by atoms with Crippen molar-refractivity contribution in [1.29, 1.82) is 0 Å². The van der Waals surface area contributed by atoms with E-state index < -0.39 is 0 Å². The van der Waals surface area contributed by atoms with Gasteiger partial charge in [-0.25, -0.2) is 0 Å². The zero-order valence-electron chi connectivity index (χ0n) is 9.48. The van der Waals surface area contributed by atoms with Crippen LogP contribution in [-0.2, 0) is 5.41 Å². The smallest absolute Gasteiger partial charge is 0.107 e. The number of hydrogen-bond acceptors (Lipinski definition) is 3. The van der Waals surface area contributed by atoms with Crippen molar-refractivity contribution in [1.82, 2.24) is 4.37 Å². The van der Waals surface area contributed by atoms with E-state index in [-0.39, 0.29) is 0 Å². The molecular weight excluding hydrogens is 216 g/mol. The summed E-state index contributed by atoms with van der Waals surface area (Å²) in [5.41, 5.74) is 7.61. The van der Waals surface area contributed by atoms with Crippen LogP contribution in [0.25, 0.3) is 0 Å². The Kier molecular flexibility index (Phi) is 1.78. The van der Waals surface area contributed by atoms with Crippen LogP contribution in [0.1, 0.15) is 44.2 Å². The molecule has 1 heterocycles. The molecule has 0 aliphatic heterocycles. The molecule has 0 aromatic carbocycles. The second-order valence-corrected chi connectivity index (χ2v) is 7.15. The fraction of sp³-hybridized carbons (Fsp3) is 0.769. The van der Waals surface area contributed by atoms with Gasteiger partial charge < -0.3 is 5.73 Å². The van der Waals surface area contributed by atoms with Crippen LogP contribution in [0.5, 0.6) is 0 Å². The molecule has 5 rings (SSSR count). The summed E-state index contributed by atoms with van der Waals surface area (Å²) in [6, 6.07) is 2.15. The third-order valence-electron chi connectivity index (χ3n) is 5.11. The van der Waals surface area contributed by atoms with Crippen LogP contribution < -0.4 is 5.73 Å². The Morgan fingerprint density at radius 2 is 1.69 bits per heavy atom. The van der Waals surface area contributed by atoms with E-state index in [4.69, 9.17) is 5.73 Å². The van der Waals surface area contributed by atoms with Crippen molar-refractivity contribution < 1.29 is 0 Å². The standard InChI is InChI=1S/C13H18N2S/c14-12-4-11(15-16-12)13-5-8-1-9(6-13)3-10(2-8)7-13/h4,8-10H,1-3,5-7,14H2. The molecule has 4 fully saturated rings. The Balaban J connectivity index is 1.76. The van der Waals surface area contributed by atoms with Crippen molar-refractivity contribution in [3.8, 4) is 0 Å². The summed E-state index contributed by atoms with van der Waals surface area (Å²) in [5, 5.41) is 0.894. The molecule has 3 heteroatoms. The summed E-state index contributed by atoms with van der Waals surface area (Å²) in [5.74, 6) is 2.98. The first-order valence-electron chi connectivity index (χ1n) is 6.46. The third kappa shape index (κ3) is 1.21. The van der Waals surface area contributed by atoms with Gasteiger partial charge in [0.15, 0.2) is 0 Å². The summed E-state index contributed by atoms with van der Waals surface area (Å²) >= 11 is 1.48. The Morgan fingerprint density at radius 3 is 2.12 bits per heavy atom. The normalized spacial score (nSPS) is 45.1. The number of nitrogens with two attached hydrogens (primary N) is 1. The van der Waals surface area contributed by atoms with Gasteiger partial charge in [0.05, 0.1) is 5.69 Å². The van der Waals surface area contributed by atoms with E-state index >= 15 is 0 Å². The lowest BCUT2D eigenvalue weighted by Crippen LogP contribution is -2.48. The lowest BCUT2D eigenvalue weighted by Gasteiger charge is -2.56. The highest BCUT2D eigenvalue weighted by Gasteiger charge is 2.52. The molecule has 4 aliphatic carbocycles. The SMILES string of the molecule is Nc1cc(C23CC4CC(CC(C4)C2)C3)ns1. The minimum atomic E-state index is 0.433. The summed E-state index contributed by atoms with van der Waals surface area (Å²) in [6.07, 6.45) is 8.67. The minimum absolute atomic E-state index is 0.433. The maximum absolute atomic E-state index is 5.85. The topological polar surface area (TPSA) is 38.9 Å². The quantitative estimate of drug-likeness (QED) is 0.810. The Labute approximate surface area is 100 Å². The van der Waals surface area contributed by atoms with Gasteiger partial charge in [-0.3, -0.25) is 0 Å². The van der Waals surface area contributed by atoms with E-state index in [0.29, 0.717) is 5.41 Å². The van der Waals surface area contributed by atoms with Crippen LogP contribution in [0, 0.1) is 17.8 Å². The van der Waals surface area contributed by atoms with Crippen molar-refractivity contribution >= 4 is 16.5 Å². The average molecular weight is 234 g/mol. The highest BCUT2D eigenvalue weighted by Crippen LogP contribution is 2.60. The highest BCUT2D eigenvalue weighted by atomic mass is 32.1. The van der Waals surface area contributed by atoms with Crippen LogP contribution >= 0.6 is 11.5 Å². The van der Waals surface area contributed by atoms with Crippen LogP contribution in [0.4, 0.5) is 5.00 Å². The van der Waals surface area contributed by atoms with Crippen molar-refractivity contribution in [3.05, 3.63) is 11.8 Å². The molecule has 0 unspecified atom stereocenters. The predicted molar refractivity (Wildman–Crippen MR) is 66.4 cm³/mol. The Morgan fingerprint density at radius 1 is 1.12 bits per heavy atom. The van der Waals surface area contributed by atoms with E-state index in [0.717, 1.165) is 22.8 Å². The van der Waals surface area contributed by atoms with Crippen molar-refractivity contribution in [3.63, 3.8) is 0 Å². The number of nitrogen functional groups attached to an aromatic ring is 1. The zero-order valence-corrected chi connectivity index (χ0v) is 10.3. The van der Waals surface area contributed by atoms with E-state index in [1.54, 1.807) is 0 Å². The van der Waals surface area contributed by atoms with Crippen LogP contribution in [0.3, 0.4) is 0 Å². The molecule has 0 amide bonds. The fourth-order valence-corrected chi connectivity index (χ4v) is 5.58. The molecule has 2 nitrogen and oxygen atoms in total. The van der Waals surface area contributed by atoms with E-state index in [9.17, 15) is 0 Å². The van der Waals surface area contributed by atoms with Gasteiger partial charge in [-0.1, -0.05) is 0 Å². The number of anilines is 1. The highest BCUT2D eigenvalue weighted by molar-refractivity contribution is 7.10. The van der Waals surface area contributed by atoms with Gasteiger partial charge in [-0.2, -0.15) is 4.37 Å². The number of nitrogens with zero attached hydrogens (tertiary/aromatic N) is 1. The Bertz CT molecular complexity index is 388. The largest absolute Gasteiger partial charge is 0.389 e. The lowest BCUT2D eigenvalue weighted by atomic mass is 9.49. The molecule has 86 valence electrons. The fourth-order valence-electron chi connectivity index (χ4n) is 4.96. The predicted octanol–water partition coefficient (Wildman–Crippen LogP) is 3.19. The molecule has 4 bridgehead atoms. The summed E-state index contributed by atoms with van der Waals surface area (Å²) in [6.45, 7) is 0. The molecular formula is C13H18N2S. The number of hydrogen-bond donors (Lipinski definition) is 1. The monoisotopic (exact) mass is 234 g/mol. The number of rotatable bonds is 1. The van der Waals surface area contributed by atoms with Gasteiger partial charge in [-0.05, 0) is 73.9 Å². The zero-order chi connectivity index (χ0) is 10.8. The van der Waals surface area contributed by atoms with Gasteiger partial charge in [0.1, 0.15) is 5.00 Å². The summed E-state index contributed by atoms with van der Waals surface area (Å²) < 4.78 is 4.62. The second kappa shape index (κ2) is 3.00. The van der Waals surface area contributed by atoms with E-state index in [1.165, 1.54) is 55.8 Å². The minimum Gasteiger partial charge on any atom is -0.389 e. The molecule has 1 aromatic rings. The Hall–Kier alpha value is -0.570. The van der Waals surface area contributed by atoms with Crippen molar-refractivity contribution in [2.24, 2.45) is 17.8 Å². The first kappa shape index (κ1) is 9.46. The van der Waals surface area contributed by atoms with Crippen molar-refractivity contribution in [2.75, 3.05) is 5.73 Å². The molecule has 16 heavy (non-hydrogen) atoms. The first-order valence-corrected chi connectivity index (χ1v) is 7.23. The van der Waals surface area contributed by atoms with Crippen LogP contribution in [0.15, 0.2) is 6.07 Å². The van der Waals surface area contributed by atoms with Crippen molar-refractivity contribution in [2.45, 2.75) is 43.9 Å². The van der Waals surface area contributed by atoms with Gasteiger partial charge in [0.25, 0.3) is 0 Å². The third-order valence-corrected chi connectivity index (χ3v) is 5.73. The molecule has 2 N–H and O–H groups in total. The maximum Gasteiger partial charge on any atom is 0.107 e. The molecule has 0 saturated heterocycles. The maximum atomic E-state index is 5.85. The molecule has 4 aliphatic rings. The van der Waals surface area contributed by atoms with Gasteiger partial charge >= 0.3 is 0 Å². The molecule has 0 spiro atoms. The molecule has 1 aromatic heterocycles. The number of aromatic nitrogens is 1. The lowest BCUT2D eigenvalue weighted by molar-refractivity contribution is -0.00675. The summed E-state index contributed by atoms with van der Waals surface area (Å²) in [7, 11) is 0. The van der Waals surface area contributed by atoms with Gasteiger partial charge in [0, 0.05) is 5.41 Å². The van der Waals surface area contributed by atoms with E-state index in [2.05, 4.69) is 10.4 Å². The van der Waals surface area contributed by atoms with Crippen LogP contribution in [-0.4, -0.2) is 4.37 Å². The van der Waals surface area contributed by atoms with Crippen LogP contribution in [0.2, 0.25) is 0 Å². The second-order valence-electron chi connectivity index (χ2n) is 6.31. The molecule has 4 saturated carbocycles. The summed E-state index contributed by atoms with van der Waals surface area (Å²) in [4.78, 5) is 0. The molecule has 0 atom stereocenters. The average Bonchev–Trinajstić information content (AvgIpc) is 2.63. The van der Waals surface area contributed by atoms with Gasteiger partial charge in [0.2, 0.25) is 0 Å². The van der Waals surface area contributed by atoms with E-state index in [1.807, 2.05) is 0 Å².